The summed E-state index contributed by atoms with van der Waals surface area (Å²) in [6, 6.07) is 5.02. The number of hydrogen-bond acceptors (Lipinski definition) is 1. The average Bonchev–Trinajstić information content (AvgIpc) is 2.91. The normalized spacial score (nSPS) is 18.7. The van der Waals surface area contributed by atoms with Gasteiger partial charge in [0, 0.05) is 6.04 Å². The van der Waals surface area contributed by atoms with Crippen LogP contribution in [0.3, 0.4) is 0 Å². The molecule has 0 aromatic heterocycles. The third-order valence-electron chi connectivity index (χ3n) is 2.47. The second-order valence-corrected chi connectivity index (χ2v) is 4.30. The highest BCUT2D eigenvalue weighted by atomic mass is 79.9. The van der Waals surface area contributed by atoms with Crippen molar-refractivity contribution in [1.82, 2.24) is 0 Å². The van der Waals surface area contributed by atoms with Gasteiger partial charge in [0.2, 0.25) is 0 Å². The van der Waals surface area contributed by atoms with E-state index < -0.39 is 0 Å². The highest BCUT2D eigenvalue weighted by Gasteiger charge is 2.30. The van der Waals surface area contributed by atoms with Crippen molar-refractivity contribution in [2.75, 3.05) is 0 Å². The van der Waals surface area contributed by atoms with Crippen LogP contribution in [0.1, 0.15) is 24.4 Å². The lowest BCUT2D eigenvalue weighted by atomic mass is 10.0. The molecule has 1 aliphatic carbocycles. The summed E-state index contributed by atoms with van der Waals surface area (Å²) in [5.74, 6) is 0.326. The van der Waals surface area contributed by atoms with Crippen molar-refractivity contribution in [3.63, 3.8) is 0 Å². The topological polar surface area (TPSA) is 26.0 Å². The van der Waals surface area contributed by atoms with Gasteiger partial charge in [-0.25, -0.2) is 4.39 Å². The average molecular weight is 244 g/mol. The molecule has 1 aromatic carbocycles. The minimum Gasteiger partial charge on any atom is -0.324 e. The Bertz CT molecular complexity index is 323. The summed E-state index contributed by atoms with van der Waals surface area (Å²) in [6.07, 6.45) is 2.34. The molecule has 0 spiro atoms. The highest BCUT2D eigenvalue weighted by Crippen LogP contribution is 2.41. The molecule has 3 heteroatoms. The second kappa shape index (κ2) is 3.39. The second-order valence-electron chi connectivity index (χ2n) is 3.51. The van der Waals surface area contributed by atoms with Crippen molar-refractivity contribution >= 4 is 15.9 Å². The van der Waals surface area contributed by atoms with Crippen LogP contribution in [0.2, 0.25) is 0 Å². The fourth-order valence-corrected chi connectivity index (χ4v) is 2.02. The van der Waals surface area contributed by atoms with Gasteiger partial charge in [0.15, 0.2) is 0 Å². The van der Waals surface area contributed by atoms with E-state index in [1.807, 2.05) is 6.07 Å². The Labute approximate surface area is 85.3 Å². The van der Waals surface area contributed by atoms with Crippen molar-refractivity contribution in [3.8, 4) is 0 Å². The standard InChI is InChI=1S/C10H11BrFN/c11-9-7(2-1-3-8(9)12)10(13)6-4-5-6/h1-3,6,10H,4-5,13H2. The molecule has 1 saturated carbocycles. The summed E-state index contributed by atoms with van der Waals surface area (Å²) >= 11 is 3.22. The molecule has 0 aliphatic heterocycles. The van der Waals surface area contributed by atoms with Crippen LogP contribution >= 0.6 is 15.9 Å². The van der Waals surface area contributed by atoms with E-state index in [2.05, 4.69) is 15.9 Å². The van der Waals surface area contributed by atoms with Crippen LogP contribution in [0, 0.1) is 11.7 Å². The molecule has 0 saturated heterocycles. The maximum Gasteiger partial charge on any atom is 0.137 e. The summed E-state index contributed by atoms with van der Waals surface area (Å²) in [5, 5.41) is 0. The predicted octanol–water partition coefficient (Wildman–Crippen LogP) is 3.00. The van der Waals surface area contributed by atoms with Crippen molar-refractivity contribution in [3.05, 3.63) is 34.1 Å². The molecule has 0 amide bonds. The van der Waals surface area contributed by atoms with Gasteiger partial charge in [0.25, 0.3) is 0 Å². The van der Waals surface area contributed by atoms with Crippen molar-refractivity contribution in [2.45, 2.75) is 18.9 Å². The van der Waals surface area contributed by atoms with Crippen LogP contribution in [0.5, 0.6) is 0 Å². The summed E-state index contributed by atoms with van der Waals surface area (Å²) in [7, 11) is 0. The first-order chi connectivity index (χ1) is 6.20. The number of hydrogen-bond donors (Lipinski definition) is 1. The Morgan fingerprint density at radius 2 is 2.15 bits per heavy atom. The minimum atomic E-state index is -0.228. The number of benzene rings is 1. The smallest absolute Gasteiger partial charge is 0.137 e. The van der Waals surface area contributed by atoms with Crippen LogP contribution in [0.25, 0.3) is 0 Å². The Morgan fingerprint density at radius 1 is 1.46 bits per heavy atom. The van der Waals surface area contributed by atoms with Gasteiger partial charge in [-0.05, 0) is 46.3 Å². The van der Waals surface area contributed by atoms with E-state index in [0.717, 1.165) is 5.56 Å². The molecule has 1 atom stereocenters. The molecule has 2 rings (SSSR count). The zero-order valence-electron chi connectivity index (χ0n) is 7.13. The van der Waals surface area contributed by atoms with E-state index in [-0.39, 0.29) is 11.9 Å². The Balaban J connectivity index is 2.32. The van der Waals surface area contributed by atoms with Crippen molar-refractivity contribution < 1.29 is 4.39 Å². The first-order valence-corrected chi connectivity index (χ1v) is 5.19. The van der Waals surface area contributed by atoms with E-state index in [0.29, 0.717) is 10.4 Å². The van der Waals surface area contributed by atoms with E-state index in [1.54, 1.807) is 6.07 Å². The summed E-state index contributed by atoms with van der Waals surface area (Å²) < 4.78 is 13.6. The fraction of sp³-hybridized carbons (Fsp3) is 0.400. The van der Waals surface area contributed by atoms with Gasteiger partial charge in [-0.3, -0.25) is 0 Å². The monoisotopic (exact) mass is 243 g/mol. The quantitative estimate of drug-likeness (QED) is 0.850. The van der Waals surface area contributed by atoms with Crippen LogP contribution in [0.15, 0.2) is 22.7 Å². The van der Waals surface area contributed by atoms with Gasteiger partial charge < -0.3 is 5.73 Å². The molecule has 1 aromatic rings. The Hall–Kier alpha value is -0.410. The van der Waals surface area contributed by atoms with Gasteiger partial charge in [-0.1, -0.05) is 12.1 Å². The lowest BCUT2D eigenvalue weighted by molar-refractivity contribution is 0.593. The van der Waals surface area contributed by atoms with E-state index in [1.165, 1.54) is 18.9 Å². The third kappa shape index (κ3) is 1.76. The lowest BCUT2D eigenvalue weighted by Crippen LogP contribution is -2.13. The van der Waals surface area contributed by atoms with E-state index in [4.69, 9.17) is 5.73 Å². The van der Waals surface area contributed by atoms with Gasteiger partial charge in [-0.2, -0.15) is 0 Å². The first kappa shape index (κ1) is 9.16. The van der Waals surface area contributed by atoms with Crippen LogP contribution in [-0.4, -0.2) is 0 Å². The molecule has 1 nitrogen and oxygen atoms in total. The van der Waals surface area contributed by atoms with E-state index >= 15 is 0 Å². The van der Waals surface area contributed by atoms with Gasteiger partial charge in [-0.15, -0.1) is 0 Å². The van der Waals surface area contributed by atoms with Gasteiger partial charge in [0.1, 0.15) is 5.82 Å². The number of rotatable bonds is 2. The molecule has 2 N–H and O–H groups in total. The molecule has 1 unspecified atom stereocenters. The van der Waals surface area contributed by atoms with Gasteiger partial charge in [0.05, 0.1) is 4.47 Å². The third-order valence-corrected chi connectivity index (χ3v) is 3.31. The number of halogens is 2. The molecule has 70 valence electrons. The van der Waals surface area contributed by atoms with Crippen LogP contribution in [-0.2, 0) is 0 Å². The fourth-order valence-electron chi connectivity index (χ4n) is 1.49. The Kier molecular flexibility index (Phi) is 2.39. The molecular weight excluding hydrogens is 233 g/mol. The van der Waals surface area contributed by atoms with E-state index in [9.17, 15) is 4.39 Å². The highest BCUT2D eigenvalue weighted by molar-refractivity contribution is 9.10. The summed E-state index contributed by atoms with van der Waals surface area (Å²) in [6.45, 7) is 0. The zero-order chi connectivity index (χ0) is 9.42. The van der Waals surface area contributed by atoms with Crippen molar-refractivity contribution in [1.29, 1.82) is 0 Å². The van der Waals surface area contributed by atoms with Crippen LogP contribution < -0.4 is 5.73 Å². The Morgan fingerprint density at radius 3 is 2.77 bits per heavy atom. The largest absolute Gasteiger partial charge is 0.324 e. The van der Waals surface area contributed by atoms with Crippen molar-refractivity contribution in [2.24, 2.45) is 11.7 Å². The molecule has 1 aliphatic rings. The lowest BCUT2D eigenvalue weighted by Gasteiger charge is -2.12. The number of nitrogens with two attached hydrogens (primary N) is 1. The molecule has 0 radical (unpaired) electrons. The van der Waals surface area contributed by atoms with Crippen LogP contribution in [0.4, 0.5) is 4.39 Å². The molecule has 0 heterocycles. The molecule has 13 heavy (non-hydrogen) atoms. The summed E-state index contributed by atoms with van der Waals surface area (Å²) in [4.78, 5) is 0. The zero-order valence-corrected chi connectivity index (χ0v) is 8.72. The predicted molar refractivity (Wildman–Crippen MR) is 53.8 cm³/mol. The molecule has 1 fully saturated rings. The maximum atomic E-state index is 13.1. The molecular formula is C10H11BrFN. The SMILES string of the molecule is NC(c1cccc(F)c1Br)C1CC1. The maximum absolute atomic E-state index is 13.1. The molecule has 0 bridgehead atoms. The minimum absolute atomic E-state index is 0.00919. The summed E-state index contributed by atoms with van der Waals surface area (Å²) in [5.41, 5.74) is 6.86. The first-order valence-electron chi connectivity index (χ1n) is 4.39. The van der Waals surface area contributed by atoms with Gasteiger partial charge >= 0.3 is 0 Å².